The molecule has 3 rings (SSSR count). The number of hydrogen-bond donors (Lipinski definition) is 0. The third-order valence-electron chi connectivity index (χ3n) is 4.75. The van der Waals surface area contributed by atoms with E-state index < -0.39 is 0 Å². The SMILES string of the molecule is COCCC1(CCOC)c2cc(Br)ccc2-c2ccc(Br)cc21. The molecule has 0 radical (unpaired) electrons. The van der Waals surface area contributed by atoms with Gasteiger partial charge in [-0.15, -0.1) is 0 Å². The molecule has 0 aromatic heterocycles. The molecule has 0 amide bonds. The highest BCUT2D eigenvalue weighted by molar-refractivity contribution is 9.10. The van der Waals surface area contributed by atoms with E-state index in [9.17, 15) is 0 Å². The molecule has 0 heterocycles. The molecular weight excluding hydrogens is 420 g/mol. The van der Waals surface area contributed by atoms with Crippen molar-refractivity contribution in [1.82, 2.24) is 0 Å². The summed E-state index contributed by atoms with van der Waals surface area (Å²) in [6, 6.07) is 13.2. The molecule has 0 saturated heterocycles. The van der Waals surface area contributed by atoms with Gasteiger partial charge in [0.2, 0.25) is 0 Å². The van der Waals surface area contributed by atoms with Crippen LogP contribution in [0.5, 0.6) is 0 Å². The minimum atomic E-state index is -0.0652. The first-order chi connectivity index (χ1) is 11.1. The van der Waals surface area contributed by atoms with Crippen molar-refractivity contribution in [2.24, 2.45) is 0 Å². The van der Waals surface area contributed by atoms with Gasteiger partial charge in [-0.05, 0) is 59.4 Å². The Labute approximate surface area is 154 Å². The Morgan fingerprint density at radius 3 is 1.61 bits per heavy atom. The Balaban J connectivity index is 2.23. The summed E-state index contributed by atoms with van der Waals surface area (Å²) in [5.41, 5.74) is 5.32. The molecule has 0 saturated carbocycles. The zero-order valence-corrected chi connectivity index (χ0v) is 16.5. The Hall–Kier alpha value is -0.680. The van der Waals surface area contributed by atoms with Crippen molar-refractivity contribution in [2.45, 2.75) is 18.3 Å². The molecule has 2 aromatic rings. The topological polar surface area (TPSA) is 18.5 Å². The van der Waals surface area contributed by atoms with Crippen LogP contribution in [-0.4, -0.2) is 27.4 Å². The van der Waals surface area contributed by atoms with E-state index in [0.717, 1.165) is 35.0 Å². The molecule has 0 atom stereocenters. The molecule has 2 nitrogen and oxygen atoms in total. The minimum absolute atomic E-state index is 0.0652. The Kier molecular flexibility index (Phi) is 5.26. The lowest BCUT2D eigenvalue weighted by Crippen LogP contribution is -2.29. The van der Waals surface area contributed by atoms with E-state index in [0.29, 0.717) is 0 Å². The summed E-state index contributed by atoms with van der Waals surface area (Å²) in [6.45, 7) is 1.45. The van der Waals surface area contributed by atoms with Crippen LogP contribution < -0.4 is 0 Å². The fourth-order valence-corrected chi connectivity index (χ4v) is 4.38. The highest BCUT2D eigenvalue weighted by Crippen LogP contribution is 2.53. The lowest BCUT2D eigenvalue weighted by atomic mass is 9.73. The van der Waals surface area contributed by atoms with Gasteiger partial charge in [0.1, 0.15) is 0 Å². The smallest absolute Gasteiger partial charge is 0.0474 e. The van der Waals surface area contributed by atoms with Crippen LogP contribution in [0.1, 0.15) is 24.0 Å². The van der Waals surface area contributed by atoms with Crippen molar-refractivity contribution in [1.29, 1.82) is 0 Å². The second kappa shape index (κ2) is 7.06. The van der Waals surface area contributed by atoms with E-state index in [1.165, 1.54) is 22.3 Å². The number of rotatable bonds is 6. The molecule has 0 spiro atoms. The van der Waals surface area contributed by atoms with Gasteiger partial charge in [-0.1, -0.05) is 44.0 Å². The second-order valence-electron chi connectivity index (χ2n) is 5.95. The molecule has 1 aliphatic rings. The highest BCUT2D eigenvalue weighted by atomic mass is 79.9. The first-order valence-electron chi connectivity index (χ1n) is 7.70. The summed E-state index contributed by atoms with van der Waals surface area (Å²) in [7, 11) is 3.53. The molecular formula is C19H20Br2O2. The molecule has 23 heavy (non-hydrogen) atoms. The van der Waals surface area contributed by atoms with Gasteiger partial charge >= 0.3 is 0 Å². The maximum absolute atomic E-state index is 5.44. The Bertz CT molecular complexity index is 651. The number of ether oxygens (including phenoxy) is 2. The van der Waals surface area contributed by atoms with Gasteiger partial charge in [0.05, 0.1) is 0 Å². The maximum atomic E-state index is 5.44. The van der Waals surface area contributed by atoms with E-state index in [-0.39, 0.29) is 5.41 Å². The quantitative estimate of drug-likeness (QED) is 0.587. The molecule has 0 unspecified atom stereocenters. The van der Waals surface area contributed by atoms with Crippen molar-refractivity contribution in [3.63, 3.8) is 0 Å². The van der Waals surface area contributed by atoms with Gasteiger partial charge in [0.15, 0.2) is 0 Å². The molecule has 0 aliphatic heterocycles. The van der Waals surface area contributed by atoms with Gasteiger partial charge in [0.25, 0.3) is 0 Å². The van der Waals surface area contributed by atoms with E-state index in [4.69, 9.17) is 9.47 Å². The van der Waals surface area contributed by atoms with Gasteiger partial charge in [-0.25, -0.2) is 0 Å². The average Bonchev–Trinajstić information content (AvgIpc) is 2.80. The van der Waals surface area contributed by atoms with Gasteiger partial charge < -0.3 is 9.47 Å². The maximum Gasteiger partial charge on any atom is 0.0474 e. The number of benzene rings is 2. The second-order valence-corrected chi connectivity index (χ2v) is 7.78. The first-order valence-corrected chi connectivity index (χ1v) is 9.29. The number of halogens is 2. The van der Waals surface area contributed by atoms with Crippen LogP contribution in [0.4, 0.5) is 0 Å². The van der Waals surface area contributed by atoms with Crippen LogP contribution in [0, 0.1) is 0 Å². The van der Waals surface area contributed by atoms with E-state index in [1.54, 1.807) is 14.2 Å². The molecule has 0 fully saturated rings. The third kappa shape index (κ3) is 3.02. The summed E-state index contributed by atoms with van der Waals surface area (Å²) in [4.78, 5) is 0. The molecule has 122 valence electrons. The lowest BCUT2D eigenvalue weighted by molar-refractivity contribution is 0.145. The van der Waals surface area contributed by atoms with Crippen LogP contribution in [0.15, 0.2) is 45.3 Å². The van der Waals surface area contributed by atoms with Gasteiger partial charge in [-0.3, -0.25) is 0 Å². The molecule has 1 aliphatic carbocycles. The molecule has 0 N–H and O–H groups in total. The summed E-state index contributed by atoms with van der Waals surface area (Å²) >= 11 is 7.28. The van der Waals surface area contributed by atoms with Gasteiger partial charge in [0, 0.05) is 41.8 Å². The predicted molar refractivity (Wildman–Crippen MR) is 101 cm³/mol. The zero-order chi connectivity index (χ0) is 16.4. The van der Waals surface area contributed by atoms with Gasteiger partial charge in [-0.2, -0.15) is 0 Å². The minimum Gasteiger partial charge on any atom is -0.385 e. The fourth-order valence-electron chi connectivity index (χ4n) is 3.66. The Morgan fingerprint density at radius 1 is 0.783 bits per heavy atom. The summed E-state index contributed by atoms with van der Waals surface area (Å²) in [6.07, 6.45) is 1.89. The monoisotopic (exact) mass is 438 g/mol. The first kappa shape index (κ1) is 17.2. The standard InChI is InChI=1S/C19H20Br2O2/c1-22-9-7-19(8-10-23-2)17-11-13(20)3-5-15(17)16-6-4-14(21)12-18(16)19/h3-6,11-12H,7-10H2,1-2H3. The summed E-state index contributed by atoms with van der Waals surface area (Å²) < 4.78 is 13.1. The zero-order valence-electron chi connectivity index (χ0n) is 13.4. The third-order valence-corrected chi connectivity index (χ3v) is 5.74. The van der Waals surface area contributed by atoms with Crippen LogP contribution in [0.3, 0.4) is 0 Å². The van der Waals surface area contributed by atoms with E-state index in [2.05, 4.69) is 68.3 Å². The van der Waals surface area contributed by atoms with Crippen molar-refractivity contribution in [2.75, 3.05) is 27.4 Å². The lowest BCUT2D eigenvalue weighted by Gasteiger charge is -2.32. The molecule has 4 heteroatoms. The normalized spacial score (nSPS) is 14.6. The van der Waals surface area contributed by atoms with Crippen molar-refractivity contribution in [3.8, 4) is 11.1 Å². The van der Waals surface area contributed by atoms with Crippen LogP contribution in [0.25, 0.3) is 11.1 Å². The predicted octanol–water partition coefficient (Wildman–Crippen LogP) is 5.55. The van der Waals surface area contributed by atoms with Crippen LogP contribution >= 0.6 is 31.9 Å². The Morgan fingerprint density at radius 2 is 1.22 bits per heavy atom. The number of fused-ring (bicyclic) bond motifs is 3. The summed E-state index contributed by atoms with van der Waals surface area (Å²) in [5.74, 6) is 0. The fraction of sp³-hybridized carbons (Fsp3) is 0.368. The van der Waals surface area contributed by atoms with Crippen molar-refractivity contribution < 1.29 is 9.47 Å². The number of methoxy groups -OCH3 is 2. The van der Waals surface area contributed by atoms with Crippen LogP contribution in [-0.2, 0) is 14.9 Å². The average molecular weight is 440 g/mol. The largest absolute Gasteiger partial charge is 0.385 e. The van der Waals surface area contributed by atoms with E-state index >= 15 is 0 Å². The summed E-state index contributed by atoms with van der Waals surface area (Å²) in [5, 5.41) is 0. The van der Waals surface area contributed by atoms with Crippen molar-refractivity contribution in [3.05, 3.63) is 56.5 Å². The number of hydrogen-bond acceptors (Lipinski definition) is 2. The molecule has 2 aromatic carbocycles. The molecule has 0 bridgehead atoms. The van der Waals surface area contributed by atoms with Crippen molar-refractivity contribution >= 4 is 31.9 Å². The highest BCUT2D eigenvalue weighted by Gasteiger charge is 2.42. The van der Waals surface area contributed by atoms with Crippen LogP contribution in [0.2, 0.25) is 0 Å². The van der Waals surface area contributed by atoms with E-state index in [1.807, 2.05) is 0 Å².